The first-order valence-corrected chi connectivity index (χ1v) is 8.03. The van der Waals surface area contributed by atoms with E-state index in [1.165, 1.54) is 28.2 Å². The molecule has 0 saturated heterocycles. The predicted molar refractivity (Wildman–Crippen MR) is 91.3 cm³/mol. The summed E-state index contributed by atoms with van der Waals surface area (Å²) in [4.78, 5) is 41.8. The zero-order valence-corrected chi connectivity index (χ0v) is 15.6. The topological polar surface area (TPSA) is 113 Å². The maximum Gasteiger partial charge on any atom is 0.330 e. The molecule has 0 aliphatic heterocycles. The molecular formula is C17H27N3O5. The molecule has 1 heterocycles. The Balaban J connectivity index is 3.66. The van der Waals surface area contributed by atoms with E-state index in [1.54, 1.807) is 41.5 Å². The van der Waals surface area contributed by atoms with Gasteiger partial charge in [0.25, 0.3) is 0 Å². The Morgan fingerprint density at radius 2 is 1.64 bits per heavy atom. The van der Waals surface area contributed by atoms with Gasteiger partial charge in [-0.25, -0.2) is 14.6 Å². The van der Waals surface area contributed by atoms with Crippen molar-refractivity contribution in [3.63, 3.8) is 0 Å². The predicted octanol–water partition coefficient (Wildman–Crippen LogP) is 2.69. The molecule has 0 unspecified atom stereocenters. The monoisotopic (exact) mass is 353 g/mol. The minimum atomic E-state index is -1.72. The van der Waals surface area contributed by atoms with E-state index in [0.717, 1.165) is 0 Å². The van der Waals surface area contributed by atoms with Crippen molar-refractivity contribution in [3.8, 4) is 0 Å². The standard InChI is InChI=1S/C17H27N3O5/c1-15(2,3)17(13(23)24,8-7-12(21)22)20(16(4,5)6)14(25)19-10-9-18-11-19/h9-11H,7-8H2,1-6H3,(H,21,22)(H,23,24)/t17-/m0/s1. The van der Waals surface area contributed by atoms with Crippen molar-refractivity contribution in [3.05, 3.63) is 18.7 Å². The minimum absolute atomic E-state index is 0.209. The molecule has 1 aromatic rings. The van der Waals surface area contributed by atoms with E-state index in [-0.39, 0.29) is 12.8 Å². The summed E-state index contributed by atoms with van der Waals surface area (Å²) in [5.74, 6) is -2.34. The largest absolute Gasteiger partial charge is 0.481 e. The Hall–Kier alpha value is -2.38. The summed E-state index contributed by atoms with van der Waals surface area (Å²) >= 11 is 0. The fourth-order valence-corrected chi connectivity index (χ4v) is 3.14. The normalized spacial score (nSPS) is 14.6. The zero-order chi connectivity index (χ0) is 19.6. The first kappa shape index (κ1) is 20.7. The van der Waals surface area contributed by atoms with Crippen LogP contribution in [0.1, 0.15) is 54.4 Å². The van der Waals surface area contributed by atoms with Gasteiger partial charge in [-0.1, -0.05) is 20.8 Å². The number of carbonyl (C=O) groups excluding carboxylic acids is 1. The van der Waals surface area contributed by atoms with Gasteiger partial charge >= 0.3 is 18.0 Å². The van der Waals surface area contributed by atoms with Crippen LogP contribution in [0, 0.1) is 5.41 Å². The van der Waals surface area contributed by atoms with Gasteiger partial charge in [-0.15, -0.1) is 0 Å². The van der Waals surface area contributed by atoms with E-state index in [4.69, 9.17) is 5.11 Å². The van der Waals surface area contributed by atoms with Crippen molar-refractivity contribution in [1.29, 1.82) is 0 Å². The number of carboxylic acids is 2. The molecule has 2 N–H and O–H groups in total. The molecule has 8 heteroatoms. The molecule has 0 aliphatic rings. The van der Waals surface area contributed by atoms with E-state index < -0.39 is 34.5 Å². The number of imidazole rings is 1. The molecule has 0 aliphatic carbocycles. The summed E-state index contributed by atoms with van der Waals surface area (Å²) < 4.78 is 1.20. The van der Waals surface area contributed by atoms with E-state index in [2.05, 4.69) is 4.98 Å². The van der Waals surface area contributed by atoms with Gasteiger partial charge in [0.2, 0.25) is 0 Å². The highest BCUT2D eigenvalue weighted by Gasteiger charge is 2.58. The quantitative estimate of drug-likeness (QED) is 0.841. The van der Waals surface area contributed by atoms with Gasteiger partial charge in [-0.3, -0.25) is 9.36 Å². The summed E-state index contributed by atoms with van der Waals surface area (Å²) in [6.07, 6.45) is 3.59. The molecule has 140 valence electrons. The van der Waals surface area contributed by atoms with Gasteiger partial charge in [0.05, 0.1) is 0 Å². The number of aliphatic carboxylic acids is 2. The van der Waals surface area contributed by atoms with Crippen molar-refractivity contribution >= 4 is 18.0 Å². The Kier molecular flexibility index (Phi) is 5.67. The zero-order valence-electron chi connectivity index (χ0n) is 15.6. The van der Waals surface area contributed by atoms with Crippen molar-refractivity contribution in [1.82, 2.24) is 14.5 Å². The van der Waals surface area contributed by atoms with Gasteiger partial charge in [-0.2, -0.15) is 0 Å². The molecule has 0 fully saturated rings. The van der Waals surface area contributed by atoms with Crippen molar-refractivity contribution in [2.45, 2.75) is 65.5 Å². The van der Waals surface area contributed by atoms with E-state index in [0.29, 0.717) is 0 Å². The molecule has 0 radical (unpaired) electrons. The summed E-state index contributed by atoms with van der Waals surface area (Å²) in [7, 11) is 0. The molecule has 1 amide bonds. The highest BCUT2D eigenvalue weighted by molar-refractivity contribution is 5.89. The van der Waals surface area contributed by atoms with Crippen molar-refractivity contribution < 1.29 is 24.6 Å². The smallest absolute Gasteiger partial charge is 0.330 e. The molecule has 8 nitrogen and oxygen atoms in total. The number of nitrogens with zero attached hydrogens (tertiary/aromatic N) is 3. The van der Waals surface area contributed by atoms with Crippen LogP contribution in [0.15, 0.2) is 18.7 Å². The van der Waals surface area contributed by atoms with Gasteiger partial charge in [0.1, 0.15) is 11.9 Å². The van der Waals surface area contributed by atoms with Crippen molar-refractivity contribution in [2.75, 3.05) is 0 Å². The molecule has 0 saturated carbocycles. The molecule has 0 bridgehead atoms. The van der Waals surface area contributed by atoms with Crippen LogP contribution in [0.5, 0.6) is 0 Å². The maximum atomic E-state index is 13.1. The molecule has 0 spiro atoms. The molecule has 1 aromatic heterocycles. The average Bonchev–Trinajstić information content (AvgIpc) is 2.93. The molecule has 1 rings (SSSR count). The van der Waals surface area contributed by atoms with Gasteiger partial charge in [-0.05, 0) is 32.6 Å². The van der Waals surface area contributed by atoms with Gasteiger partial charge in [0, 0.05) is 24.4 Å². The van der Waals surface area contributed by atoms with E-state index in [9.17, 15) is 19.5 Å². The summed E-state index contributed by atoms with van der Waals surface area (Å²) in [6.45, 7) is 10.3. The lowest BCUT2D eigenvalue weighted by Gasteiger charge is -2.53. The molecule has 0 aromatic carbocycles. The lowest BCUT2D eigenvalue weighted by Crippen LogP contribution is -2.69. The van der Waals surface area contributed by atoms with Crippen LogP contribution in [0.4, 0.5) is 4.79 Å². The lowest BCUT2D eigenvalue weighted by molar-refractivity contribution is -0.164. The average molecular weight is 353 g/mol. The van der Waals surface area contributed by atoms with Gasteiger partial charge in [0.15, 0.2) is 0 Å². The van der Waals surface area contributed by atoms with Crippen LogP contribution in [0.3, 0.4) is 0 Å². The number of carboxylic acid groups (broad SMARTS) is 2. The first-order valence-electron chi connectivity index (χ1n) is 8.03. The maximum absolute atomic E-state index is 13.1. The third kappa shape index (κ3) is 4.00. The Labute approximate surface area is 147 Å². The highest BCUT2D eigenvalue weighted by atomic mass is 16.4. The molecule has 25 heavy (non-hydrogen) atoms. The van der Waals surface area contributed by atoms with Gasteiger partial charge < -0.3 is 15.1 Å². The second-order valence-corrected chi connectivity index (χ2v) is 8.07. The van der Waals surface area contributed by atoms with Crippen LogP contribution in [-0.4, -0.2) is 53.7 Å². The Morgan fingerprint density at radius 1 is 1.08 bits per heavy atom. The minimum Gasteiger partial charge on any atom is -0.481 e. The summed E-state index contributed by atoms with van der Waals surface area (Å²) in [5.41, 5.74) is -3.51. The highest BCUT2D eigenvalue weighted by Crippen LogP contribution is 2.44. The number of hydrogen-bond acceptors (Lipinski definition) is 4. The second-order valence-electron chi connectivity index (χ2n) is 8.07. The fourth-order valence-electron chi connectivity index (χ4n) is 3.14. The number of rotatable bonds is 5. The van der Waals surface area contributed by atoms with Crippen LogP contribution < -0.4 is 0 Å². The first-order chi connectivity index (χ1) is 11.2. The number of hydrogen-bond donors (Lipinski definition) is 2. The van der Waals surface area contributed by atoms with Crippen LogP contribution >= 0.6 is 0 Å². The second kappa shape index (κ2) is 6.85. The number of aromatic nitrogens is 2. The Bertz CT molecular complexity index is 640. The Morgan fingerprint density at radius 3 is 1.96 bits per heavy atom. The number of amides is 1. The SMILES string of the molecule is CC(C)(C)N(C(=O)n1ccnc1)[C@@](CCC(=O)O)(C(=O)O)C(C)(C)C. The summed E-state index contributed by atoms with van der Waals surface area (Å²) in [6, 6.07) is -0.562. The summed E-state index contributed by atoms with van der Waals surface area (Å²) in [5, 5.41) is 19.3. The third-order valence-electron chi connectivity index (χ3n) is 4.26. The molecule has 1 atom stereocenters. The number of carbonyl (C=O) groups is 3. The van der Waals surface area contributed by atoms with Crippen molar-refractivity contribution in [2.24, 2.45) is 5.41 Å². The van der Waals surface area contributed by atoms with Crippen LogP contribution in [0.2, 0.25) is 0 Å². The third-order valence-corrected chi connectivity index (χ3v) is 4.26. The van der Waals surface area contributed by atoms with E-state index in [1.807, 2.05) is 0 Å². The van der Waals surface area contributed by atoms with E-state index >= 15 is 0 Å². The fraction of sp³-hybridized carbons (Fsp3) is 0.647. The lowest BCUT2D eigenvalue weighted by atomic mass is 9.68. The van der Waals surface area contributed by atoms with Crippen LogP contribution in [0.25, 0.3) is 0 Å². The van der Waals surface area contributed by atoms with Crippen LogP contribution in [-0.2, 0) is 9.59 Å². The molecular weight excluding hydrogens is 326 g/mol.